The van der Waals surface area contributed by atoms with Crippen LogP contribution in [0.3, 0.4) is 0 Å². The molecule has 0 amide bonds. The number of hydrogen-bond acceptors (Lipinski definition) is 3. The summed E-state index contributed by atoms with van der Waals surface area (Å²) in [5.41, 5.74) is 0.262. The quantitative estimate of drug-likeness (QED) is 0.708. The van der Waals surface area contributed by atoms with Gasteiger partial charge in [-0.05, 0) is 17.7 Å². The first kappa shape index (κ1) is 11.4. The largest absolute Gasteiger partial charge is 0.394 e. The molecule has 5 heteroatoms. The van der Waals surface area contributed by atoms with Gasteiger partial charge in [0.1, 0.15) is 18.0 Å². The molecule has 1 aromatic rings. The Kier molecular flexibility index (Phi) is 3.83. The zero-order valence-electron chi connectivity index (χ0n) is 7.19. The lowest BCUT2D eigenvalue weighted by molar-refractivity contribution is -0.0152. The van der Waals surface area contributed by atoms with Gasteiger partial charge in [0.05, 0.1) is 11.6 Å². The van der Waals surface area contributed by atoms with Crippen molar-refractivity contribution in [2.24, 2.45) is 0 Å². The van der Waals surface area contributed by atoms with Crippen LogP contribution in [-0.4, -0.2) is 28.0 Å². The third kappa shape index (κ3) is 2.42. The van der Waals surface area contributed by atoms with Crippen LogP contribution in [0.2, 0.25) is 5.02 Å². The lowest BCUT2D eigenvalue weighted by Gasteiger charge is -2.15. The van der Waals surface area contributed by atoms with Crippen LogP contribution in [0.5, 0.6) is 0 Å². The Morgan fingerprint density at radius 3 is 2.50 bits per heavy atom. The highest BCUT2D eigenvalue weighted by Crippen LogP contribution is 2.22. The monoisotopic (exact) mass is 220 g/mol. The summed E-state index contributed by atoms with van der Waals surface area (Å²) in [6.45, 7) is -0.573. The fraction of sp³-hybridized carbons (Fsp3) is 0.333. The van der Waals surface area contributed by atoms with E-state index in [9.17, 15) is 9.50 Å². The van der Waals surface area contributed by atoms with Crippen LogP contribution in [0.4, 0.5) is 4.39 Å². The molecule has 1 aromatic carbocycles. The first-order chi connectivity index (χ1) is 6.56. The molecule has 0 aliphatic heterocycles. The van der Waals surface area contributed by atoms with E-state index in [4.69, 9.17) is 21.8 Å². The van der Waals surface area contributed by atoms with Crippen molar-refractivity contribution in [1.29, 1.82) is 0 Å². The lowest BCUT2D eigenvalue weighted by atomic mass is 10.1. The van der Waals surface area contributed by atoms with Gasteiger partial charge in [-0.25, -0.2) is 4.39 Å². The van der Waals surface area contributed by atoms with E-state index in [-0.39, 0.29) is 10.6 Å². The molecular weight excluding hydrogens is 211 g/mol. The molecule has 0 heterocycles. The average molecular weight is 221 g/mol. The summed E-state index contributed by atoms with van der Waals surface area (Å²) in [5, 5.41) is 27.0. The Bertz CT molecular complexity index is 319. The molecular formula is C9H10ClFO3. The van der Waals surface area contributed by atoms with E-state index in [0.717, 1.165) is 6.07 Å². The normalized spacial score (nSPS) is 15.2. The van der Waals surface area contributed by atoms with Crippen molar-refractivity contribution in [2.45, 2.75) is 12.2 Å². The minimum absolute atomic E-state index is 0.133. The molecule has 0 saturated carbocycles. The van der Waals surface area contributed by atoms with Gasteiger partial charge < -0.3 is 15.3 Å². The predicted octanol–water partition coefficient (Wildman–Crippen LogP) is 0.866. The summed E-state index contributed by atoms with van der Waals surface area (Å²) in [4.78, 5) is 0. The fourth-order valence-electron chi connectivity index (χ4n) is 1.02. The van der Waals surface area contributed by atoms with Gasteiger partial charge in [-0.2, -0.15) is 0 Å². The minimum atomic E-state index is -1.29. The zero-order chi connectivity index (χ0) is 10.7. The van der Waals surface area contributed by atoms with Gasteiger partial charge in [0, 0.05) is 0 Å². The van der Waals surface area contributed by atoms with Gasteiger partial charge in [-0.3, -0.25) is 0 Å². The van der Waals surface area contributed by atoms with E-state index < -0.39 is 24.6 Å². The highest BCUT2D eigenvalue weighted by atomic mass is 35.5. The SMILES string of the molecule is OCC(O)C(O)c1ccc(F)c(Cl)c1. The van der Waals surface area contributed by atoms with Crippen molar-refractivity contribution in [2.75, 3.05) is 6.61 Å². The molecule has 0 fully saturated rings. The van der Waals surface area contributed by atoms with Crippen molar-refractivity contribution < 1.29 is 19.7 Å². The Balaban J connectivity index is 2.91. The van der Waals surface area contributed by atoms with Gasteiger partial charge in [0.25, 0.3) is 0 Å². The second-order valence-corrected chi connectivity index (χ2v) is 3.28. The van der Waals surface area contributed by atoms with Gasteiger partial charge in [0.2, 0.25) is 0 Å². The Morgan fingerprint density at radius 2 is 2.00 bits per heavy atom. The standard InChI is InChI=1S/C9H10ClFO3/c10-6-3-5(1-2-7(6)11)9(14)8(13)4-12/h1-3,8-9,12-14H,4H2. The second kappa shape index (κ2) is 4.70. The maximum atomic E-state index is 12.7. The molecule has 78 valence electrons. The van der Waals surface area contributed by atoms with Crippen LogP contribution in [0.1, 0.15) is 11.7 Å². The van der Waals surface area contributed by atoms with Crippen LogP contribution >= 0.6 is 11.6 Å². The predicted molar refractivity (Wildman–Crippen MR) is 49.5 cm³/mol. The molecule has 0 spiro atoms. The van der Waals surface area contributed by atoms with Gasteiger partial charge in [0.15, 0.2) is 0 Å². The Morgan fingerprint density at radius 1 is 1.36 bits per heavy atom. The van der Waals surface area contributed by atoms with Gasteiger partial charge >= 0.3 is 0 Å². The van der Waals surface area contributed by atoms with Crippen molar-refractivity contribution in [1.82, 2.24) is 0 Å². The zero-order valence-corrected chi connectivity index (χ0v) is 7.95. The van der Waals surface area contributed by atoms with Crippen LogP contribution < -0.4 is 0 Å². The molecule has 0 radical (unpaired) electrons. The summed E-state index contributed by atoms with van der Waals surface area (Å²) in [5.74, 6) is -0.596. The maximum Gasteiger partial charge on any atom is 0.141 e. The fourth-order valence-corrected chi connectivity index (χ4v) is 1.21. The molecule has 0 aromatic heterocycles. The highest BCUT2D eigenvalue weighted by molar-refractivity contribution is 6.30. The molecule has 2 unspecified atom stereocenters. The molecule has 0 aliphatic carbocycles. The molecule has 1 rings (SSSR count). The second-order valence-electron chi connectivity index (χ2n) is 2.87. The van der Waals surface area contributed by atoms with Crippen molar-refractivity contribution in [3.05, 3.63) is 34.6 Å². The smallest absolute Gasteiger partial charge is 0.141 e. The number of aliphatic hydroxyl groups is 3. The Hall–Kier alpha value is -0.680. The molecule has 3 N–H and O–H groups in total. The van der Waals surface area contributed by atoms with Crippen molar-refractivity contribution in [3.63, 3.8) is 0 Å². The van der Waals surface area contributed by atoms with E-state index in [1.807, 2.05) is 0 Å². The summed E-state index contributed by atoms with van der Waals surface area (Å²) < 4.78 is 12.7. The number of benzene rings is 1. The lowest BCUT2D eigenvalue weighted by Crippen LogP contribution is -2.22. The number of halogens is 2. The van der Waals surface area contributed by atoms with E-state index >= 15 is 0 Å². The summed E-state index contributed by atoms with van der Waals surface area (Å²) >= 11 is 5.48. The summed E-state index contributed by atoms with van der Waals surface area (Å²) in [6.07, 6.45) is -2.56. The Labute approximate surface area is 85.4 Å². The minimum Gasteiger partial charge on any atom is -0.394 e. The van der Waals surface area contributed by atoms with Crippen molar-refractivity contribution >= 4 is 11.6 Å². The topological polar surface area (TPSA) is 60.7 Å². The number of aliphatic hydroxyl groups excluding tert-OH is 3. The average Bonchev–Trinajstić information content (AvgIpc) is 2.20. The number of hydrogen-bond donors (Lipinski definition) is 3. The number of rotatable bonds is 3. The highest BCUT2D eigenvalue weighted by Gasteiger charge is 2.18. The summed E-state index contributed by atoms with van der Waals surface area (Å²) in [6, 6.07) is 3.59. The third-order valence-electron chi connectivity index (χ3n) is 1.84. The van der Waals surface area contributed by atoms with Gasteiger partial charge in [-0.1, -0.05) is 17.7 Å². The molecule has 0 bridgehead atoms. The van der Waals surface area contributed by atoms with Crippen LogP contribution in [0.25, 0.3) is 0 Å². The molecule has 3 nitrogen and oxygen atoms in total. The molecule has 14 heavy (non-hydrogen) atoms. The van der Waals surface area contributed by atoms with E-state index in [2.05, 4.69) is 0 Å². The first-order valence-corrected chi connectivity index (χ1v) is 4.36. The molecule has 2 atom stereocenters. The van der Waals surface area contributed by atoms with E-state index in [1.54, 1.807) is 0 Å². The van der Waals surface area contributed by atoms with E-state index in [1.165, 1.54) is 12.1 Å². The van der Waals surface area contributed by atoms with Crippen LogP contribution in [0.15, 0.2) is 18.2 Å². The van der Waals surface area contributed by atoms with Crippen molar-refractivity contribution in [3.8, 4) is 0 Å². The van der Waals surface area contributed by atoms with Gasteiger partial charge in [-0.15, -0.1) is 0 Å². The van der Waals surface area contributed by atoms with E-state index in [0.29, 0.717) is 0 Å². The third-order valence-corrected chi connectivity index (χ3v) is 2.13. The first-order valence-electron chi connectivity index (χ1n) is 3.98. The van der Waals surface area contributed by atoms with Crippen LogP contribution in [-0.2, 0) is 0 Å². The maximum absolute atomic E-state index is 12.7. The summed E-state index contributed by atoms with van der Waals surface area (Å²) in [7, 11) is 0. The molecule has 0 aliphatic rings. The van der Waals surface area contributed by atoms with Crippen LogP contribution in [0, 0.1) is 5.82 Å². The molecule has 0 saturated heterocycles.